The molecule has 4 N–H and O–H groups in total. The highest BCUT2D eigenvalue weighted by Gasteiger charge is 2.65. The second-order valence-electron chi connectivity index (χ2n) is 4.17. The number of Topliss-reactive ketones (excluding diaryl/α,β-unsaturated/α-hetero) is 4. The molecular weight excluding hydrogens is 260 g/mol. The van der Waals surface area contributed by atoms with Crippen LogP contribution < -0.4 is 0 Å². The zero-order chi connectivity index (χ0) is 15.6. The van der Waals surface area contributed by atoms with Crippen LogP contribution in [0.5, 0.6) is 0 Å². The van der Waals surface area contributed by atoms with Crippen LogP contribution >= 0.6 is 0 Å². The molecule has 108 valence electrons. The van der Waals surface area contributed by atoms with Gasteiger partial charge in [0.05, 0.1) is 6.61 Å². The molecule has 19 heavy (non-hydrogen) atoms. The monoisotopic (exact) mass is 276 g/mol. The summed E-state index contributed by atoms with van der Waals surface area (Å²) in [5.74, 6) is -5.79. The van der Waals surface area contributed by atoms with Crippen LogP contribution in [0.4, 0.5) is 0 Å². The molecule has 8 heteroatoms. The van der Waals surface area contributed by atoms with Crippen LogP contribution in [0.2, 0.25) is 0 Å². The minimum Gasteiger partial charge on any atom is -0.394 e. The third-order valence-electron chi connectivity index (χ3n) is 2.90. The van der Waals surface area contributed by atoms with Gasteiger partial charge in [0.15, 0.2) is 23.0 Å². The fourth-order valence-electron chi connectivity index (χ4n) is 1.72. The summed E-state index contributed by atoms with van der Waals surface area (Å²) >= 11 is 0. The van der Waals surface area contributed by atoms with Gasteiger partial charge in [0.2, 0.25) is 11.4 Å². The Labute approximate surface area is 108 Å². The molecule has 0 amide bonds. The van der Waals surface area contributed by atoms with E-state index in [2.05, 4.69) is 0 Å². The summed E-state index contributed by atoms with van der Waals surface area (Å²) in [4.78, 5) is 45.6. The Kier molecular flexibility index (Phi) is 5.22. The number of aliphatic hydroxyl groups excluding tert-OH is 2. The lowest BCUT2D eigenvalue weighted by molar-refractivity contribution is -0.207. The molecule has 0 saturated carbocycles. The highest BCUT2D eigenvalue weighted by Crippen LogP contribution is 2.30. The van der Waals surface area contributed by atoms with E-state index in [4.69, 9.17) is 5.11 Å². The van der Waals surface area contributed by atoms with Crippen LogP contribution in [0.25, 0.3) is 0 Å². The molecule has 0 radical (unpaired) electrons. The van der Waals surface area contributed by atoms with Crippen molar-refractivity contribution in [1.29, 1.82) is 0 Å². The Morgan fingerprint density at radius 2 is 1.42 bits per heavy atom. The van der Waals surface area contributed by atoms with Crippen molar-refractivity contribution in [2.24, 2.45) is 0 Å². The van der Waals surface area contributed by atoms with E-state index < -0.39 is 47.0 Å². The fraction of sp³-hybridized carbons (Fsp3) is 0.636. The fourth-order valence-corrected chi connectivity index (χ4v) is 1.72. The molecule has 0 rings (SSSR count). The molecule has 0 saturated heterocycles. The number of hydrogen-bond acceptors (Lipinski definition) is 8. The Morgan fingerprint density at radius 1 is 1.00 bits per heavy atom. The molecule has 8 nitrogen and oxygen atoms in total. The predicted octanol–water partition coefficient (Wildman–Crippen LogP) is -2.86. The van der Waals surface area contributed by atoms with Crippen molar-refractivity contribution in [2.75, 3.05) is 6.61 Å². The van der Waals surface area contributed by atoms with Gasteiger partial charge in [-0.1, -0.05) is 0 Å². The van der Waals surface area contributed by atoms with Crippen LogP contribution in [-0.2, 0) is 19.2 Å². The molecule has 0 fully saturated rings. The van der Waals surface area contributed by atoms with Crippen LogP contribution in [0, 0.1) is 0 Å². The van der Waals surface area contributed by atoms with Crippen LogP contribution in [-0.4, -0.2) is 67.5 Å². The van der Waals surface area contributed by atoms with Gasteiger partial charge < -0.3 is 20.4 Å². The summed E-state index contributed by atoms with van der Waals surface area (Å²) in [6.45, 7) is 0.873. The first-order chi connectivity index (χ1) is 8.47. The molecule has 0 aromatic carbocycles. The van der Waals surface area contributed by atoms with E-state index >= 15 is 0 Å². The summed E-state index contributed by atoms with van der Waals surface area (Å²) in [6.07, 6.45) is -2.32. The standard InChI is InChI=1S/C11H16O8/c1-5(13)9(17)11(19,7(3)15)10(18,6(2)14)8(16)4-12/h8,12,16,18-19H,4H2,1-3H3/t8-,10+,11-/m0/s1. The molecule has 0 spiro atoms. The van der Waals surface area contributed by atoms with Crippen molar-refractivity contribution in [2.45, 2.75) is 38.1 Å². The number of carbonyl (C=O) groups is 4. The summed E-state index contributed by atoms with van der Waals surface area (Å²) in [5, 5.41) is 38.4. The first-order valence-corrected chi connectivity index (χ1v) is 5.29. The first-order valence-electron chi connectivity index (χ1n) is 5.29. The van der Waals surface area contributed by atoms with Gasteiger partial charge in [0.1, 0.15) is 6.10 Å². The van der Waals surface area contributed by atoms with E-state index in [1.165, 1.54) is 0 Å². The largest absolute Gasteiger partial charge is 0.394 e. The number of aliphatic hydroxyl groups is 4. The highest BCUT2D eigenvalue weighted by molar-refractivity contribution is 6.45. The van der Waals surface area contributed by atoms with Crippen molar-refractivity contribution in [3.8, 4) is 0 Å². The van der Waals surface area contributed by atoms with Crippen LogP contribution in [0.15, 0.2) is 0 Å². The Morgan fingerprint density at radius 3 is 1.63 bits per heavy atom. The smallest absolute Gasteiger partial charge is 0.240 e. The average molecular weight is 276 g/mol. The zero-order valence-corrected chi connectivity index (χ0v) is 10.7. The van der Waals surface area contributed by atoms with Gasteiger partial charge in [-0.2, -0.15) is 0 Å². The topological polar surface area (TPSA) is 149 Å². The van der Waals surface area contributed by atoms with Gasteiger partial charge in [-0.25, -0.2) is 0 Å². The van der Waals surface area contributed by atoms with Crippen molar-refractivity contribution in [3.05, 3.63) is 0 Å². The Balaban J connectivity index is 6.25. The quantitative estimate of drug-likeness (QED) is 0.286. The van der Waals surface area contributed by atoms with E-state index in [9.17, 15) is 34.5 Å². The Hall–Kier alpha value is -1.48. The van der Waals surface area contributed by atoms with Crippen molar-refractivity contribution < 1.29 is 39.6 Å². The van der Waals surface area contributed by atoms with Crippen molar-refractivity contribution >= 4 is 23.1 Å². The van der Waals surface area contributed by atoms with Crippen LogP contribution in [0.3, 0.4) is 0 Å². The van der Waals surface area contributed by atoms with Gasteiger partial charge in [-0.3, -0.25) is 19.2 Å². The third kappa shape index (κ3) is 2.47. The second kappa shape index (κ2) is 5.66. The van der Waals surface area contributed by atoms with Gasteiger partial charge in [0, 0.05) is 6.92 Å². The molecule has 0 unspecified atom stereocenters. The minimum atomic E-state index is -3.45. The molecule has 0 aliphatic rings. The molecule has 0 aromatic rings. The first kappa shape index (κ1) is 17.5. The SMILES string of the molecule is CC(=O)C(=O)[C@@](O)(C(C)=O)[C@@](O)(C(C)=O)[C@@H](O)CO. The van der Waals surface area contributed by atoms with Gasteiger partial charge >= 0.3 is 0 Å². The van der Waals surface area contributed by atoms with E-state index in [0.717, 1.165) is 6.92 Å². The summed E-state index contributed by atoms with van der Waals surface area (Å²) in [7, 11) is 0. The maximum Gasteiger partial charge on any atom is 0.240 e. The lowest BCUT2D eigenvalue weighted by Crippen LogP contribution is -2.73. The molecule has 0 aromatic heterocycles. The minimum absolute atomic E-state index is 0.666. The maximum atomic E-state index is 11.7. The van der Waals surface area contributed by atoms with Crippen molar-refractivity contribution in [1.82, 2.24) is 0 Å². The van der Waals surface area contributed by atoms with Gasteiger partial charge in [0.25, 0.3) is 0 Å². The number of ketones is 4. The zero-order valence-electron chi connectivity index (χ0n) is 10.7. The number of carbonyl (C=O) groups excluding carboxylic acids is 4. The molecule has 0 bridgehead atoms. The van der Waals surface area contributed by atoms with E-state index in [-0.39, 0.29) is 0 Å². The molecule has 0 aliphatic carbocycles. The Bertz CT molecular complexity index is 428. The van der Waals surface area contributed by atoms with E-state index in [1.807, 2.05) is 0 Å². The van der Waals surface area contributed by atoms with E-state index in [0.29, 0.717) is 13.8 Å². The second-order valence-corrected chi connectivity index (χ2v) is 4.17. The number of hydrogen-bond donors (Lipinski definition) is 4. The molecular formula is C11H16O8. The molecule has 0 aliphatic heterocycles. The summed E-state index contributed by atoms with van der Waals surface area (Å²) in [6, 6.07) is 0. The number of rotatable bonds is 7. The molecule has 0 heterocycles. The van der Waals surface area contributed by atoms with Crippen molar-refractivity contribution in [3.63, 3.8) is 0 Å². The lowest BCUT2D eigenvalue weighted by Gasteiger charge is -2.40. The molecule has 3 atom stereocenters. The van der Waals surface area contributed by atoms with Crippen LogP contribution in [0.1, 0.15) is 20.8 Å². The normalized spacial score (nSPS) is 18.9. The highest BCUT2D eigenvalue weighted by atomic mass is 16.4. The van der Waals surface area contributed by atoms with Gasteiger partial charge in [-0.05, 0) is 13.8 Å². The van der Waals surface area contributed by atoms with E-state index in [1.54, 1.807) is 0 Å². The van der Waals surface area contributed by atoms with Gasteiger partial charge in [-0.15, -0.1) is 0 Å². The average Bonchev–Trinajstić information content (AvgIpc) is 2.33. The predicted molar refractivity (Wildman–Crippen MR) is 60.0 cm³/mol. The summed E-state index contributed by atoms with van der Waals surface area (Å²) < 4.78 is 0. The third-order valence-corrected chi connectivity index (χ3v) is 2.90. The summed E-state index contributed by atoms with van der Waals surface area (Å²) in [5.41, 5.74) is -6.76. The lowest BCUT2D eigenvalue weighted by atomic mass is 9.70. The maximum absolute atomic E-state index is 11.7.